The van der Waals surface area contributed by atoms with Gasteiger partial charge in [0.25, 0.3) is 0 Å². The average Bonchev–Trinajstić information content (AvgIpc) is 2.60. The highest BCUT2D eigenvalue weighted by molar-refractivity contribution is 8.11. The Kier molecular flexibility index (Phi) is 24.7. The standard InChI is InChI=1S/C22H48P2/c1-3-5-7-9-11-13-15-17-19-21-23-24-22-20-18-16-14-12-10-8-6-4-2/h23-24H,3-22H2,1-2H3/p+1. The third-order valence-electron chi connectivity index (χ3n) is 5.02. The first kappa shape index (κ1) is 24.9. The van der Waals surface area contributed by atoms with Crippen molar-refractivity contribution in [2.24, 2.45) is 0 Å². The number of hydrogen-bond donors (Lipinski definition) is 0. The number of unbranched alkanes of at least 4 members (excludes halogenated alkanes) is 16. The number of hydrogen-bond acceptors (Lipinski definition) is 0. The summed E-state index contributed by atoms with van der Waals surface area (Å²) in [7, 11) is 2.15. The Hall–Kier alpha value is 0.860. The first-order valence-corrected chi connectivity index (χ1v) is 15.3. The van der Waals surface area contributed by atoms with Crippen LogP contribution in [0.4, 0.5) is 0 Å². The van der Waals surface area contributed by atoms with E-state index in [0.717, 1.165) is 8.27 Å². The van der Waals surface area contributed by atoms with E-state index in [2.05, 4.69) is 13.8 Å². The molecule has 0 aliphatic carbocycles. The van der Waals surface area contributed by atoms with Crippen molar-refractivity contribution in [1.29, 1.82) is 0 Å². The molecule has 0 spiro atoms. The quantitative estimate of drug-likeness (QED) is 0.139. The van der Waals surface area contributed by atoms with Crippen LogP contribution in [0.3, 0.4) is 0 Å². The van der Waals surface area contributed by atoms with Gasteiger partial charge in [0.2, 0.25) is 0 Å². The molecule has 0 heterocycles. The Labute approximate surface area is 158 Å². The zero-order valence-electron chi connectivity index (χ0n) is 17.2. The average molecular weight is 376 g/mol. The highest BCUT2D eigenvalue weighted by Gasteiger charge is 1.98. The van der Waals surface area contributed by atoms with Crippen molar-refractivity contribution in [1.82, 2.24) is 0 Å². The minimum absolute atomic E-state index is 0.809. The molecule has 0 aromatic carbocycles. The van der Waals surface area contributed by atoms with E-state index in [4.69, 9.17) is 0 Å². The fourth-order valence-corrected chi connectivity index (χ4v) is 7.10. The molecule has 0 N–H and O–H groups in total. The molecule has 0 bridgehead atoms. The molecular formula is C22H49P2+. The largest absolute Gasteiger partial charge is 0.0654 e. The van der Waals surface area contributed by atoms with Crippen LogP contribution in [-0.2, 0) is 0 Å². The van der Waals surface area contributed by atoms with Gasteiger partial charge >= 0.3 is 0 Å². The molecule has 24 heavy (non-hydrogen) atoms. The second-order valence-electron chi connectivity index (χ2n) is 7.60. The fourth-order valence-electron chi connectivity index (χ4n) is 3.30. The van der Waals surface area contributed by atoms with E-state index in [1.54, 1.807) is 12.3 Å². The molecule has 146 valence electrons. The molecule has 0 aromatic rings. The highest BCUT2D eigenvalue weighted by Crippen LogP contribution is 2.38. The summed E-state index contributed by atoms with van der Waals surface area (Å²) in [5.41, 5.74) is 0. The molecule has 0 radical (unpaired) electrons. The van der Waals surface area contributed by atoms with Gasteiger partial charge in [-0.1, -0.05) is 110 Å². The van der Waals surface area contributed by atoms with Gasteiger partial charge in [-0.2, -0.15) is 0 Å². The van der Waals surface area contributed by atoms with E-state index in [0.29, 0.717) is 0 Å². The van der Waals surface area contributed by atoms with E-state index in [9.17, 15) is 0 Å². The van der Waals surface area contributed by atoms with E-state index in [1.165, 1.54) is 124 Å². The van der Waals surface area contributed by atoms with Crippen LogP contribution >= 0.6 is 16.5 Å². The van der Waals surface area contributed by atoms with Gasteiger partial charge in [0, 0.05) is 16.5 Å². The third-order valence-corrected chi connectivity index (χ3v) is 9.25. The summed E-state index contributed by atoms with van der Waals surface area (Å²) in [6.45, 7) is 4.61. The van der Waals surface area contributed by atoms with Gasteiger partial charge in [-0.15, -0.1) is 0 Å². The van der Waals surface area contributed by atoms with Crippen LogP contribution in [0.25, 0.3) is 0 Å². The van der Waals surface area contributed by atoms with Crippen molar-refractivity contribution in [2.75, 3.05) is 12.3 Å². The van der Waals surface area contributed by atoms with Gasteiger partial charge in [-0.25, -0.2) is 0 Å². The van der Waals surface area contributed by atoms with Gasteiger partial charge in [-0.05, 0) is 25.4 Å². The van der Waals surface area contributed by atoms with Gasteiger partial charge in [0.15, 0.2) is 0 Å². The molecule has 2 atom stereocenters. The van der Waals surface area contributed by atoms with Crippen LogP contribution in [0.15, 0.2) is 0 Å². The topological polar surface area (TPSA) is 0 Å². The monoisotopic (exact) mass is 375 g/mol. The van der Waals surface area contributed by atoms with Gasteiger partial charge in [-0.3, -0.25) is 0 Å². The lowest BCUT2D eigenvalue weighted by Gasteiger charge is -2.01. The Morgan fingerprint density at radius 3 is 1.29 bits per heavy atom. The van der Waals surface area contributed by atoms with E-state index >= 15 is 0 Å². The van der Waals surface area contributed by atoms with Crippen molar-refractivity contribution < 1.29 is 0 Å². The molecule has 2 unspecified atom stereocenters. The van der Waals surface area contributed by atoms with Gasteiger partial charge in [0.05, 0.1) is 6.16 Å². The minimum Gasteiger partial charge on any atom is -0.0654 e. The summed E-state index contributed by atoms with van der Waals surface area (Å²) in [5, 5.41) is 0. The molecule has 0 rings (SSSR count). The summed E-state index contributed by atoms with van der Waals surface area (Å²) in [4.78, 5) is 0. The predicted molar refractivity (Wildman–Crippen MR) is 122 cm³/mol. The first-order chi connectivity index (χ1) is 11.9. The molecule has 0 saturated carbocycles. The maximum atomic E-state index is 2.30. The van der Waals surface area contributed by atoms with Crippen molar-refractivity contribution in [2.45, 2.75) is 129 Å². The summed E-state index contributed by atoms with van der Waals surface area (Å²) in [5.74, 6) is 0. The Morgan fingerprint density at radius 1 is 0.458 bits per heavy atom. The lowest BCUT2D eigenvalue weighted by molar-refractivity contribution is 0.573. The van der Waals surface area contributed by atoms with Crippen molar-refractivity contribution in [3.8, 4) is 0 Å². The molecule has 0 amide bonds. The Balaban J connectivity index is 2.93. The molecule has 2 heteroatoms. The SMILES string of the molecule is CCCCCCCCCCCP[PH2+]CCCCCCCCCCC. The summed E-state index contributed by atoms with van der Waals surface area (Å²) < 4.78 is 0. The van der Waals surface area contributed by atoms with Crippen molar-refractivity contribution >= 4 is 16.5 Å². The van der Waals surface area contributed by atoms with Crippen LogP contribution in [0.1, 0.15) is 129 Å². The zero-order chi connectivity index (χ0) is 17.6. The van der Waals surface area contributed by atoms with Crippen LogP contribution in [0.2, 0.25) is 0 Å². The van der Waals surface area contributed by atoms with E-state index < -0.39 is 0 Å². The first-order valence-electron chi connectivity index (χ1n) is 11.5. The normalized spacial score (nSPS) is 12.2. The minimum atomic E-state index is 0.809. The van der Waals surface area contributed by atoms with Crippen molar-refractivity contribution in [3.63, 3.8) is 0 Å². The van der Waals surface area contributed by atoms with Gasteiger partial charge in [0.1, 0.15) is 0 Å². The molecule has 0 nitrogen and oxygen atoms in total. The zero-order valence-corrected chi connectivity index (χ0v) is 19.4. The van der Waals surface area contributed by atoms with Crippen LogP contribution in [0, 0.1) is 0 Å². The fraction of sp³-hybridized carbons (Fsp3) is 1.00. The van der Waals surface area contributed by atoms with Crippen LogP contribution in [-0.4, -0.2) is 12.3 Å². The predicted octanol–water partition coefficient (Wildman–Crippen LogP) is 9.05. The molecule has 0 aliphatic rings. The van der Waals surface area contributed by atoms with Crippen LogP contribution in [0.5, 0.6) is 0 Å². The Morgan fingerprint density at radius 2 is 0.833 bits per heavy atom. The molecule has 0 fully saturated rings. The maximum Gasteiger partial charge on any atom is 0.0569 e. The molecule has 0 saturated heterocycles. The smallest absolute Gasteiger partial charge is 0.0569 e. The molecule has 0 aliphatic heterocycles. The van der Waals surface area contributed by atoms with Crippen molar-refractivity contribution in [3.05, 3.63) is 0 Å². The third kappa shape index (κ3) is 22.9. The van der Waals surface area contributed by atoms with E-state index in [-0.39, 0.29) is 0 Å². The molecule has 0 aromatic heterocycles. The molecular weight excluding hydrogens is 326 g/mol. The summed E-state index contributed by atoms with van der Waals surface area (Å²) in [6, 6.07) is 0. The summed E-state index contributed by atoms with van der Waals surface area (Å²) in [6.07, 6.45) is 29.8. The van der Waals surface area contributed by atoms with Crippen LogP contribution < -0.4 is 0 Å². The summed E-state index contributed by atoms with van der Waals surface area (Å²) >= 11 is 0. The number of rotatable bonds is 21. The lowest BCUT2D eigenvalue weighted by atomic mass is 10.1. The Bertz CT molecular complexity index is 184. The highest BCUT2D eigenvalue weighted by atomic mass is 32.0. The van der Waals surface area contributed by atoms with Gasteiger partial charge < -0.3 is 0 Å². The lowest BCUT2D eigenvalue weighted by Crippen LogP contribution is -1.83. The second-order valence-corrected chi connectivity index (χ2v) is 11.9. The van der Waals surface area contributed by atoms with E-state index in [1.807, 2.05) is 0 Å². The maximum absolute atomic E-state index is 2.30. The second kappa shape index (κ2) is 23.9.